The molecule has 0 aromatic rings. The number of nitrogens with zero attached hydrogens (tertiary/aromatic N) is 1. The van der Waals surface area contributed by atoms with E-state index in [1.54, 1.807) is 0 Å². The van der Waals surface area contributed by atoms with Crippen LogP contribution < -0.4 is 5.73 Å². The van der Waals surface area contributed by atoms with Crippen molar-refractivity contribution in [1.82, 2.24) is 4.90 Å². The lowest BCUT2D eigenvalue weighted by Crippen LogP contribution is -2.43. The number of nitrogens with two attached hydrogens (primary N) is 1. The van der Waals surface area contributed by atoms with Gasteiger partial charge < -0.3 is 15.7 Å². The minimum absolute atomic E-state index is 0.448. The van der Waals surface area contributed by atoms with Crippen LogP contribution in [0.15, 0.2) is 0 Å². The first kappa shape index (κ1) is 11.9. The van der Waals surface area contributed by atoms with Crippen molar-refractivity contribution in [2.45, 2.75) is 56.6 Å². The highest BCUT2D eigenvalue weighted by Crippen LogP contribution is 2.40. The predicted octanol–water partition coefficient (Wildman–Crippen LogP) is 1.35. The third kappa shape index (κ3) is 2.13. The summed E-state index contributed by atoms with van der Waals surface area (Å²) >= 11 is 0. The zero-order valence-electron chi connectivity index (χ0n) is 10.8. The van der Waals surface area contributed by atoms with Crippen LogP contribution in [-0.4, -0.2) is 41.3 Å². The average molecular weight is 238 g/mol. The molecular weight excluding hydrogens is 212 g/mol. The molecule has 0 spiro atoms. The summed E-state index contributed by atoms with van der Waals surface area (Å²) in [5, 5.41) is 10.4. The fourth-order valence-electron chi connectivity index (χ4n) is 4.43. The lowest BCUT2D eigenvalue weighted by Gasteiger charge is -2.32. The van der Waals surface area contributed by atoms with E-state index >= 15 is 0 Å². The zero-order valence-corrected chi connectivity index (χ0v) is 10.8. The Bertz CT molecular complexity index is 283. The summed E-state index contributed by atoms with van der Waals surface area (Å²) in [6.45, 7) is 2.95. The van der Waals surface area contributed by atoms with Crippen molar-refractivity contribution in [1.29, 1.82) is 0 Å². The Morgan fingerprint density at radius 3 is 2.82 bits per heavy atom. The molecule has 4 atom stereocenters. The highest BCUT2D eigenvalue weighted by Gasteiger charge is 2.41. The molecule has 1 saturated heterocycles. The zero-order chi connectivity index (χ0) is 11.9. The molecule has 3 fully saturated rings. The Balaban J connectivity index is 1.51. The first-order valence-corrected chi connectivity index (χ1v) is 7.38. The molecule has 17 heavy (non-hydrogen) atoms. The van der Waals surface area contributed by atoms with Gasteiger partial charge in [0.15, 0.2) is 0 Å². The maximum absolute atomic E-state index is 10.4. The number of fused-ring (bicyclic) bond motifs is 2. The van der Waals surface area contributed by atoms with Crippen LogP contribution in [0.2, 0.25) is 0 Å². The minimum Gasteiger partial charge on any atom is -0.388 e. The summed E-state index contributed by atoms with van der Waals surface area (Å²) in [7, 11) is 0. The van der Waals surface area contributed by atoms with E-state index in [1.165, 1.54) is 38.8 Å². The molecule has 4 unspecified atom stereocenters. The summed E-state index contributed by atoms with van der Waals surface area (Å²) in [5.41, 5.74) is 5.20. The van der Waals surface area contributed by atoms with Crippen LogP contribution in [-0.2, 0) is 0 Å². The molecule has 1 aliphatic heterocycles. The summed E-state index contributed by atoms with van der Waals surface area (Å²) < 4.78 is 0. The van der Waals surface area contributed by atoms with Gasteiger partial charge in [-0.15, -0.1) is 0 Å². The Morgan fingerprint density at radius 2 is 2.18 bits per heavy atom. The van der Waals surface area contributed by atoms with Gasteiger partial charge in [-0.3, -0.25) is 0 Å². The normalized spacial score (nSPS) is 45.9. The van der Waals surface area contributed by atoms with Crippen molar-refractivity contribution in [3.8, 4) is 0 Å². The Morgan fingerprint density at radius 1 is 1.29 bits per heavy atom. The van der Waals surface area contributed by atoms with Crippen LogP contribution in [0.1, 0.15) is 44.9 Å². The van der Waals surface area contributed by atoms with Crippen molar-refractivity contribution in [2.75, 3.05) is 19.6 Å². The van der Waals surface area contributed by atoms with Gasteiger partial charge >= 0.3 is 0 Å². The number of hydrogen-bond acceptors (Lipinski definition) is 3. The molecule has 3 aliphatic rings. The molecule has 0 radical (unpaired) electrons. The fraction of sp³-hybridized carbons (Fsp3) is 1.00. The number of hydrogen-bond donors (Lipinski definition) is 2. The van der Waals surface area contributed by atoms with Gasteiger partial charge in [-0.05, 0) is 56.9 Å². The number of piperidine rings is 1. The summed E-state index contributed by atoms with van der Waals surface area (Å²) in [4.78, 5) is 2.67. The maximum atomic E-state index is 10.4. The van der Waals surface area contributed by atoms with E-state index in [4.69, 9.17) is 5.73 Å². The molecule has 2 bridgehead atoms. The summed E-state index contributed by atoms with van der Waals surface area (Å²) in [6.07, 6.45) is 8.71. The second-order valence-electron chi connectivity index (χ2n) is 6.51. The Labute approximate surface area is 104 Å². The average Bonchev–Trinajstić information content (AvgIpc) is 3.02. The molecule has 3 heteroatoms. The van der Waals surface area contributed by atoms with Crippen LogP contribution in [0.5, 0.6) is 0 Å². The van der Waals surface area contributed by atoms with Crippen molar-refractivity contribution in [3.05, 3.63) is 0 Å². The van der Waals surface area contributed by atoms with E-state index in [9.17, 15) is 5.11 Å². The molecule has 3 N–H and O–H groups in total. The van der Waals surface area contributed by atoms with E-state index in [0.717, 1.165) is 31.2 Å². The van der Waals surface area contributed by atoms with Crippen molar-refractivity contribution < 1.29 is 5.11 Å². The van der Waals surface area contributed by atoms with Crippen molar-refractivity contribution >= 4 is 0 Å². The van der Waals surface area contributed by atoms with Gasteiger partial charge in [-0.1, -0.05) is 6.42 Å². The predicted molar refractivity (Wildman–Crippen MR) is 68.7 cm³/mol. The third-order valence-electron chi connectivity index (χ3n) is 5.56. The van der Waals surface area contributed by atoms with E-state index < -0.39 is 5.60 Å². The van der Waals surface area contributed by atoms with Gasteiger partial charge in [0, 0.05) is 19.1 Å². The quantitative estimate of drug-likeness (QED) is 0.777. The molecule has 2 saturated carbocycles. The van der Waals surface area contributed by atoms with Crippen LogP contribution in [0.25, 0.3) is 0 Å². The lowest BCUT2D eigenvalue weighted by atomic mass is 9.88. The number of likely N-dealkylation sites (tertiary alicyclic amines) is 1. The molecule has 3 rings (SSSR count). The van der Waals surface area contributed by atoms with E-state index in [0.29, 0.717) is 12.5 Å². The van der Waals surface area contributed by atoms with Crippen LogP contribution in [0.3, 0.4) is 0 Å². The molecule has 0 aromatic carbocycles. The van der Waals surface area contributed by atoms with Crippen LogP contribution >= 0.6 is 0 Å². The first-order chi connectivity index (χ1) is 8.21. The second kappa shape index (κ2) is 4.52. The Hall–Kier alpha value is -0.120. The minimum atomic E-state index is -0.543. The fourth-order valence-corrected chi connectivity index (χ4v) is 4.43. The number of aliphatic hydroxyl groups is 1. The topological polar surface area (TPSA) is 49.5 Å². The summed E-state index contributed by atoms with van der Waals surface area (Å²) in [5.74, 6) is 1.43. The third-order valence-corrected chi connectivity index (χ3v) is 5.56. The summed E-state index contributed by atoms with van der Waals surface area (Å²) in [6, 6.07) is 0.868. The molecule has 98 valence electrons. The first-order valence-electron chi connectivity index (χ1n) is 7.38. The van der Waals surface area contributed by atoms with Crippen LogP contribution in [0, 0.1) is 11.8 Å². The van der Waals surface area contributed by atoms with E-state index in [-0.39, 0.29) is 0 Å². The molecule has 2 aliphatic carbocycles. The SMILES string of the molecule is NCC1(O)CCCC1CCN1CC2CCC1C2. The van der Waals surface area contributed by atoms with E-state index in [1.807, 2.05) is 0 Å². The van der Waals surface area contributed by atoms with Gasteiger partial charge in [0.25, 0.3) is 0 Å². The maximum Gasteiger partial charge on any atom is 0.0797 e. The van der Waals surface area contributed by atoms with Crippen molar-refractivity contribution in [2.24, 2.45) is 17.6 Å². The van der Waals surface area contributed by atoms with Crippen molar-refractivity contribution in [3.63, 3.8) is 0 Å². The van der Waals surface area contributed by atoms with E-state index in [2.05, 4.69) is 4.90 Å². The highest BCUT2D eigenvalue weighted by atomic mass is 16.3. The number of rotatable bonds is 4. The lowest BCUT2D eigenvalue weighted by molar-refractivity contribution is 0.00348. The standard InChI is InChI=1S/C14H26N2O/c15-10-14(17)6-1-2-12(14)5-7-16-9-11-3-4-13(16)8-11/h11-13,17H,1-10,15H2. The Kier molecular flexibility index (Phi) is 3.18. The monoisotopic (exact) mass is 238 g/mol. The van der Waals surface area contributed by atoms with Gasteiger partial charge in [-0.25, -0.2) is 0 Å². The molecule has 0 aromatic heterocycles. The van der Waals surface area contributed by atoms with Gasteiger partial charge in [-0.2, -0.15) is 0 Å². The van der Waals surface area contributed by atoms with Gasteiger partial charge in [0.1, 0.15) is 0 Å². The van der Waals surface area contributed by atoms with Crippen LogP contribution in [0.4, 0.5) is 0 Å². The molecular formula is C14H26N2O. The second-order valence-corrected chi connectivity index (χ2v) is 6.51. The van der Waals surface area contributed by atoms with Gasteiger partial charge in [0.05, 0.1) is 5.60 Å². The molecule has 0 amide bonds. The largest absolute Gasteiger partial charge is 0.388 e. The van der Waals surface area contributed by atoms with Gasteiger partial charge in [0.2, 0.25) is 0 Å². The molecule has 1 heterocycles. The smallest absolute Gasteiger partial charge is 0.0797 e. The highest BCUT2D eigenvalue weighted by molar-refractivity contribution is 4.96. The molecule has 3 nitrogen and oxygen atoms in total.